The molecule has 0 aromatic heterocycles. The Morgan fingerprint density at radius 1 is 0.500 bits per heavy atom. The molecule has 0 aliphatic heterocycles. The Morgan fingerprint density at radius 3 is 0.500 bits per heavy atom. The maximum absolute atomic E-state index is 8.74. The minimum Gasteiger partial charge on any atom is -1.00 e. The molecule has 0 aromatic carbocycles. The van der Waals surface area contributed by atoms with E-state index < -0.39 is 10.4 Å². The molecule has 0 fully saturated rings. The first-order chi connectivity index (χ1) is 2.00. The zero-order valence-electron chi connectivity index (χ0n) is 10.1. The minimum atomic E-state index is -4.67. The Morgan fingerprint density at radius 2 is 0.500 bits per heavy atom. The normalized spacial score (nSPS) is 3.22. The third-order valence-electron chi connectivity index (χ3n) is 0. The van der Waals surface area contributed by atoms with Gasteiger partial charge < -0.3 is 67.1 Å². The molecular weight excluding hydrogens is 311 g/mol. The van der Waals surface area contributed by atoms with Crippen LogP contribution < -0.4 is 29.6 Å². The summed E-state index contributed by atoms with van der Waals surface area (Å²) in [5, 5.41) is 0. The number of rotatable bonds is 0. The Hall–Kier alpha value is 0.390. The van der Waals surface area contributed by atoms with Gasteiger partial charge in [-0.1, -0.05) is 0 Å². The second-order valence-electron chi connectivity index (χ2n) is 0.448. The zero-order valence-corrected chi connectivity index (χ0v) is 11.9. The molecule has 0 unspecified atom stereocenters. The Kier molecular flexibility index (Phi) is 1830. The second kappa shape index (κ2) is 114. The van der Waals surface area contributed by atoms with Crippen LogP contribution in [0.5, 0.6) is 0 Å². The molecule has 0 radical (unpaired) electrons. The van der Waals surface area contributed by atoms with Gasteiger partial charge in [-0.15, -0.1) is 0 Å². The van der Waals surface area contributed by atoms with Crippen LogP contribution in [0.25, 0.3) is 0 Å². The SMILES string of the molecule is O.O.O.O.O.O.O.O.O.O.O.O.O=S(=O)(O)O.[H-].[Na+]. The molecule has 0 aliphatic rings. The molecule has 0 saturated heterocycles. The van der Waals surface area contributed by atoms with Crippen LogP contribution in [-0.4, -0.2) is 83.2 Å². The van der Waals surface area contributed by atoms with E-state index in [0.29, 0.717) is 0 Å². The van der Waals surface area contributed by atoms with E-state index in [2.05, 4.69) is 0 Å². The first-order valence-corrected chi connectivity index (χ1v) is 2.10. The molecule has 0 saturated carbocycles. The van der Waals surface area contributed by atoms with Crippen LogP contribution in [0.15, 0.2) is 0 Å². The van der Waals surface area contributed by atoms with E-state index in [-0.39, 0.29) is 96.7 Å². The van der Waals surface area contributed by atoms with Crippen LogP contribution in [0.1, 0.15) is 1.43 Å². The predicted molar refractivity (Wildman–Crippen MR) is 58.7 cm³/mol. The maximum Gasteiger partial charge on any atom is 1.00 e. The van der Waals surface area contributed by atoms with Crippen molar-refractivity contribution in [2.24, 2.45) is 0 Å². The van der Waals surface area contributed by atoms with Crippen molar-refractivity contribution in [3.63, 3.8) is 0 Å². The van der Waals surface area contributed by atoms with Gasteiger partial charge in [0.25, 0.3) is 0 Å². The van der Waals surface area contributed by atoms with Gasteiger partial charge in [-0.25, -0.2) is 0 Å². The molecule has 0 amide bonds. The van der Waals surface area contributed by atoms with Crippen molar-refractivity contribution >= 4 is 10.4 Å². The molecule has 130 valence electrons. The first-order valence-electron chi connectivity index (χ1n) is 0.698. The summed E-state index contributed by atoms with van der Waals surface area (Å²) in [5.74, 6) is 0. The summed E-state index contributed by atoms with van der Waals surface area (Å²) in [6.45, 7) is 0. The molecule has 26 N–H and O–H groups in total. The summed E-state index contributed by atoms with van der Waals surface area (Å²) in [7, 11) is -4.67. The Bertz CT molecular complexity index is 99.9. The predicted octanol–water partition coefficient (Wildman–Crippen LogP) is -13.4. The van der Waals surface area contributed by atoms with E-state index in [1.165, 1.54) is 0 Å². The maximum atomic E-state index is 8.74. The molecule has 18 heteroatoms. The van der Waals surface area contributed by atoms with E-state index in [1.807, 2.05) is 0 Å². The second-order valence-corrected chi connectivity index (χ2v) is 1.34. The average molecular weight is 338 g/mol. The number of hydrogen-bond acceptors (Lipinski definition) is 2. The van der Waals surface area contributed by atoms with E-state index in [1.54, 1.807) is 0 Å². The van der Waals surface area contributed by atoms with Crippen molar-refractivity contribution in [2.75, 3.05) is 0 Å². The van der Waals surface area contributed by atoms with Crippen molar-refractivity contribution in [3.8, 4) is 0 Å². The smallest absolute Gasteiger partial charge is 1.00 e. The van der Waals surface area contributed by atoms with Gasteiger partial charge in [0.05, 0.1) is 0 Å². The van der Waals surface area contributed by atoms with Gasteiger partial charge in [-0.2, -0.15) is 8.42 Å². The van der Waals surface area contributed by atoms with Crippen LogP contribution in [0.4, 0.5) is 0 Å². The topological polar surface area (TPSA) is 453 Å². The third-order valence-corrected chi connectivity index (χ3v) is 0. The van der Waals surface area contributed by atoms with E-state index in [9.17, 15) is 0 Å². The molecule has 0 bridgehead atoms. The summed E-state index contributed by atoms with van der Waals surface area (Å²) >= 11 is 0. The minimum absolute atomic E-state index is 0. The molecule has 0 heterocycles. The molecule has 0 aliphatic carbocycles. The van der Waals surface area contributed by atoms with E-state index in [4.69, 9.17) is 17.5 Å². The van der Waals surface area contributed by atoms with Gasteiger partial charge in [-0.05, 0) is 0 Å². The van der Waals surface area contributed by atoms with Crippen LogP contribution in [0.2, 0.25) is 0 Å². The molecule has 0 atom stereocenters. The molecule has 0 rings (SSSR count). The average Bonchev–Trinajstić information content (AvgIpc) is 0.722. The molecule has 18 heavy (non-hydrogen) atoms. The van der Waals surface area contributed by atoms with Crippen LogP contribution in [-0.2, 0) is 10.4 Å². The third kappa shape index (κ3) is 25500. The summed E-state index contributed by atoms with van der Waals surface area (Å²) in [6.07, 6.45) is 0. The first kappa shape index (κ1) is 289. The van der Waals surface area contributed by atoms with Gasteiger partial charge in [0.2, 0.25) is 0 Å². The quantitative estimate of drug-likeness (QED) is 0.320. The van der Waals surface area contributed by atoms with Gasteiger partial charge in [0.15, 0.2) is 0 Å². The largest absolute Gasteiger partial charge is 1.00 e. The molecule has 0 aromatic rings. The van der Waals surface area contributed by atoms with Crippen molar-refractivity contribution in [1.29, 1.82) is 0 Å². The molecule has 16 nitrogen and oxygen atoms in total. The van der Waals surface area contributed by atoms with E-state index >= 15 is 0 Å². The van der Waals surface area contributed by atoms with Gasteiger partial charge in [0, 0.05) is 0 Å². The van der Waals surface area contributed by atoms with Crippen molar-refractivity contribution in [2.45, 2.75) is 0 Å². The summed E-state index contributed by atoms with van der Waals surface area (Å²) in [5.41, 5.74) is 0. The number of hydrogen-bond donors (Lipinski definition) is 2. The van der Waals surface area contributed by atoms with E-state index in [0.717, 1.165) is 0 Å². The van der Waals surface area contributed by atoms with Gasteiger partial charge in [-0.3, -0.25) is 9.11 Å². The Balaban J connectivity index is -0.000000000879. The van der Waals surface area contributed by atoms with Crippen molar-refractivity contribution in [3.05, 3.63) is 0 Å². The van der Waals surface area contributed by atoms with Gasteiger partial charge in [0.1, 0.15) is 0 Å². The zero-order chi connectivity index (χ0) is 4.50. The van der Waals surface area contributed by atoms with Crippen LogP contribution in [0.3, 0.4) is 0 Å². The fourth-order valence-corrected chi connectivity index (χ4v) is 0. The summed E-state index contributed by atoms with van der Waals surface area (Å²) in [4.78, 5) is 0. The van der Waals surface area contributed by atoms with Crippen molar-refractivity contribution in [1.82, 2.24) is 0 Å². The van der Waals surface area contributed by atoms with Crippen LogP contribution in [0, 0.1) is 0 Å². The van der Waals surface area contributed by atoms with Crippen molar-refractivity contribution < 1.29 is 114 Å². The fraction of sp³-hybridized carbons (Fsp3) is 0. The standard InChI is InChI=1S/Na.H2O4S.12H2O.H/c;1-5(2,3)4;;;;;;;;;;;;;/h;(H2,1,2,3,4);12*1H2;/q+1;;;;;;;;;;;;;;-1. The van der Waals surface area contributed by atoms with Gasteiger partial charge >= 0.3 is 40.0 Å². The molecule has 0 spiro atoms. The monoisotopic (exact) mass is 338 g/mol. The van der Waals surface area contributed by atoms with Crippen LogP contribution >= 0.6 is 0 Å². The Labute approximate surface area is 125 Å². The summed E-state index contributed by atoms with van der Waals surface area (Å²) in [6, 6.07) is 0. The summed E-state index contributed by atoms with van der Waals surface area (Å²) < 4.78 is 31.6. The fourth-order valence-electron chi connectivity index (χ4n) is 0. The molecular formula is H27NaO16S.